The average molecular weight is 475 g/mol. The van der Waals surface area contributed by atoms with E-state index in [1.807, 2.05) is 67.6 Å². The van der Waals surface area contributed by atoms with Crippen molar-refractivity contribution in [1.82, 2.24) is 20.8 Å². The van der Waals surface area contributed by atoms with Crippen molar-refractivity contribution in [2.45, 2.75) is 30.7 Å². The molecule has 0 aliphatic carbocycles. The number of aromatic nitrogens is 2. The molecule has 0 unspecified atom stereocenters. The normalized spacial score (nSPS) is 10.7. The minimum absolute atomic E-state index is 0.249. The number of hydrogen-bond acceptors (Lipinski definition) is 5. The molecule has 0 aliphatic rings. The second-order valence-corrected chi connectivity index (χ2v) is 8.59. The maximum atomic E-state index is 12.4. The SMILES string of the molecule is CCOc1ccc(CCC(=O)NNC(=O)c2ccc(CSc3nc4ccccc4[nH]3)cc2)cc1. The lowest BCUT2D eigenvalue weighted by Crippen LogP contribution is -2.41. The molecule has 8 heteroatoms. The van der Waals surface area contributed by atoms with Gasteiger partial charge < -0.3 is 9.72 Å². The first-order chi connectivity index (χ1) is 16.6. The number of benzene rings is 3. The molecule has 0 saturated carbocycles. The van der Waals surface area contributed by atoms with Crippen LogP contribution in [0.25, 0.3) is 11.0 Å². The zero-order valence-electron chi connectivity index (χ0n) is 18.8. The first-order valence-corrected chi connectivity index (χ1v) is 12.1. The number of carbonyl (C=O) groups is 2. The van der Waals surface area contributed by atoms with Gasteiger partial charge in [0, 0.05) is 17.7 Å². The number of thioether (sulfide) groups is 1. The molecule has 4 rings (SSSR count). The molecule has 0 spiro atoms. The molecule has 0 atom stereocenters. The number of amides is 2. The Labute approximate surface area is 202 Å². The summed E-state index contributed by atoms with van der Waals surface area (Å²) in [6.45, 7) is 2.55. The van der Waals surface area contributed by atoms with Gasteiger partial charge in [-0.25, -0.2) is 4.98 Å². The number of aryl methyl sites for hydroxylation is 1. The van der Waals surface area contributed by atoms with Gasteiger partial charge >= 0.3 is 0 Å². The third-order valence-corrected chi connectivity index (χ3v) is 6.09. The molecule has 2 amide bonds. The summed E-state index contributed by atoms with van der Waals surface area (Å²) in [5.41, 5.74) is 9.48. The number of hydrogen-bond donors (Lipinski definition) is 3. The largest absolute Gasteiger partial charge is 0.494 e. The van der Waals surface area contributed by atoms with Gasteiger partial charge in [-0.05, 0) is 60.9 Å². The van der Waals surface area contributed by atoms with Crippen LogP contribution in [0.2, 0.25) is 0 Å². The van der Waals surface area contributed by atoms with E-state index < -0.39 is 0 Å². The topological polar surface area (TPSA) is 96.1 Å². The first kappa shape index (κ1) is 23.4. The summed E-state index contributed by atoms with van der Waals surface area (Å²) in [5, 5.41) is 0.857. The molecular weight excluding hydrogens is 448 g/mol. The number of rotatable bonds is 9. The van der Waals surface area contributed by atoms with Crippen LogP contribution in [-0.4, -0.2) is 28.4 Å². The van der Waals surface area contributed by atoms with E-state index in [4.69, 9.17) is 4.74 Å². The summed E-state index contributed by atoms with van der Waals surface area (Å²) in [6, 6.07) is 22.8. The van der Waals surface area contributed by atoms with Crippen molar-refractivity contribution in [2.24, 2.45) is 0 Å². The fourth-order valence-electron chi connectivity index (χ4n) is 3.34. The van der Waals surface area contributed by atoms with Crippen LogP contribution in [0.5, 0.6) is 5.75 Å². The molecule has 0 fully saturated rings. The highest BCUT2D eigenvalue weighted by molar-refractivity contribution is 7.98. The second kappa shape index (κ2) is 11.4. The number of ether oxygens (including phenoxy) is 1. The lowest BCUT2D eigenvalue weighted by atomic mass is 10.1. The van der Waals surface area contributed by atoms with Crippen molar-refractivity contribution in [1.29, 1.82) is 0 Å². The van der Waals surface area contributed by atoms with Crippen molar-refractivity contribution in [3.05, 3.63) is 89.5 Å². The van der Waals surface area contributed by atoms with Gasteiger partial charge in [0.05, 0.1) is 17.6 Å². The summed E-state index contributed by atoms with van der Waals surface area (Å²) in [7, 11) is 0. The third kappa shape index (κ3) is 6.39. The van der Waals surface area contributed by atoms with E-state index in [-0.39, 0.29) is 18.2 Å². The quantitative estimate of drug-likeness (QED) is 0.242. The molecule has 4 aromatic rings. The van der Waals surface area contributed by atoms with Crippen LogP contribution in [0.15, 0.2) is 78.0 Å². The molecule has 3 aromatic carbocycles. The van der Waals surface area contributed by atoms with Crippen molar-refractivity contribution < 1.29 is 14.3 Å². The molecule has 0 bridgehead atoms. The third-order valence-electron chi connectivity index (χ3n) is 5.15. The molecule has 1 aromatic heterocycles. The molecule has 0 aliphatic heterocycles. The van der Waals surface area contributed by atoms with Crippen LogP contribution in [0.1, 0.15) is 34.8 Å². The number of hydrazine groups is 1. The Hall–Kier alpha value is -3.78. The predicted octanol–water partition coefficient (Wildman–Crippen LogP) is 4.65. The molecule has 7 nitrogen and oxygen atoms in total. The Morgan fingerprint density at radius 1 is 0.941 bits per heavy atom. The van der Waals surface area contributed by atoms with Gasteiger partial charge in [0.15, 0.2) is 5.16 Å². The van der Waals surface area contributed by atoms with Crippen LogP contribution in [0, 0.1) is 0 Å². The molecule has 174 valence electrons. The number of fused-ring (bicyclic) bond motifs is 1. The zero-order valence-corrected chi connectivity index (χ0v) is 19.7. The van der Waals surface area contributed by atoms with Gasteiger partial charge in [0.1, 0.15) is 5.75 Å². The fourth-order valence-corrected chi connectivity index (χ4v) is 4.18. The number of imidazole rings is 1. The van der Waals surface area contributed by atoms with Crippen LogP contribution in [0.3, 0.4) is 0 Å². The number of nitrogens with one attached hydrogen (secondary N) is 3. The van der Waals surface area contributed by atoms with Crippen molar-refractivity contribution in [2.75, 3.05) is 6.61 Å². The van der Waals surface area contributed by atoms with Gasteiger partial charge in [-0.2, -0.15) is 0 Å². The number of nitrogens with zero attached hydrogens (tertiary/aromatic N) is 1. The standard InChI is InChI=1S/C26H26N4O3S/c1-2-33-21-14-9-18(10-15-21)11-16-24(31)29-30-25(32)20-12-7-19(8-13-20)17-34-26-27-22-5-3-4-6-23(22)28-26/h3-10,12-15H,2,11,16-17H2,1H3,(H,27,28)(H,29,31)(H,30,32). The van der Waals surface area contributed by atoms with E-state index in [0.29, 0.717) is 18.6 Å². The molecule has 0 saturated heterocycles. The average Bonchev–Trinajstić information content (AvgIpc) is 3.29. The van der Waals surface area contributed by atoms with Crippen LogP contribution >= 0.6 is 11.8 Å². The molecule has 0 radical (unpaired) electrons. The lowest BCUT2D eigenvalue weighted by molar-refractivity contribution is -0.121. The number of H-pyrrole nitrogens is 1. The predicted molar refractivity (Wildman–Crippen MR) is 134 cm³/mol. The van der Waals surface area contributed by atoms with Crippen molar-refractivity contribution >= 4 is 34.6 Å². The Morgan fingerprint density at radius 3 is 2.41 bits per heavy atom. The summed E-state index contributed by atoms with van der Waals surface area (Å²) in [5.74, 6) is 0.929. The van der Waals surface area contributed by atoms with Crippen LogP contribution < -0.4 is 15.6 Å². The van der Waals surface area contributed by atoms with Crippen molar-refractivity contribution in [3.8, 4) is 5.75 Å². The summed E-state index contributed by atoms with van der Waals surface area (Å²) in [4.78, 5) is 32.3. The summed E-state index contributed by atoms with van der Waals surface area (Å²) in [6.07, 6.45) is 0.845. The maximum Gasteiger partial charge on any atom is 0.269 e. The van der Waals surface area contributed by atoms with E-state index in [0.717, 1.165) is 38.8 Å². The molecular formula is C26H26N4O3S. The highest BCUT2D eigenvalue weighted by Gasteiger charge is 2.09. The fraction of sp³-hybridized carbons (Fsp3) is 0.192. The Kier molecular flexibility index (Phi) is 7.83. The first-order valence-electron chi connectivity index (χ1n) is 11.1. The second-order valence-electron chi connectivity index (χ2n) is 7.62. The van der Waals surface area contributed by atoms with Crippen LogP contribution in [-0.2, 0) is 17.0 Å². The van der Waals surface area contributed by atoms with Gasteiger partial charge in [0.25, 0.3) is 5.91 Å². The van der Waals surface area contributed by atoms with Gasteiger partial charge in [-0.1, -0.05) is 48.2 Å². The minimum atomic E-state index is -0.356. The Morgan fingerprint density at radius 2 is 1.68 bits per heavy atom. The monoisotopic (exact) mass is 474 g/mol. The van der Waals surface area contributed by atoms with E-state index in [1.165, 1.54) is 0 Å². The zero-order chi connectivity index (χ0) is 23.8. The number of carbonyl (C=O) groups excluding carboxylic acids is 2. The highest BCUT2D eigenvalue weighted by Crippen LogP contribution is 2.23. The molecule has 34 heavy (non-hydrogen) atoms. The van der Waals surface area contributed by atoms with E-state index >= 15 is 0 Å². The number of para-hydroxylation sites is 2. The Balaban J connectivity index is 1.20. The van der Waals surface area contributed by atoms with E-state index in [9.17, 15) is 9.59 Å². The molecule has 3 N–H and O–H groups in total. The highest BCUT2D eigenvalue weighted by atomic mass is 32.2. The number of aromatic amines is 1. The van der Waals surface area contributed by atoms with Gasteiger partial charge in [0.2, 0.25) is 5.91 Å². The minimum Gasteiger partial charge on any atom is -0.494 e. The molecule has 1 heterocycles. The Bertz CT molecular complexity index is 1220. The van der Waals surface area contributed by atoms with E-state index in [1.54, 1.807) is 23.9 Å². The summed E-state index contributed by atoms with van der Waals surface area (Å²) >= 11 is 1.60. The van der Waals surface area contributed by atoms with Gasteiger partial charge in [-0.3, -0.25) is 20.4 Å². The smallest absolute Gasteiger partial charge is 0.269 e. The maximum absolute atomic E-state index is 12.4. The van der Waals surface area contributed by atoms with Gasteiger partial charge in [-0.15, -0.1) is 0 Å². The van der Waals surface area contributed by atoms with Crippen molar-refractivity contribution in [3.63, 3.8) is 0 Å². The van der Waals surface area contributed by atoms with E-state index in [2.05, 4.69) is 20.8 Å². The lowest BCUT2D eigenvalue weighted by Gasteiger charge is -2.08. The van der Waals surface area contributed by atoms with Crippen LogP contribution in [0.4, 0.5) is 0 Å². The summed E-state index contributed by atoms with van der Waals surface area (Å²) < 4.78 is 5.41.